The molecule has 0 bridgehead atoms. The molecule has 172 valence electrons. The standard InChI is InChI=1S/C27H31N3O3/c1-2-17-33-27(32)30-16-13-21-24(19-9-5-3-6-10-19)28-23-12-11-20(18-22(23)25(21)30)26(31)29-14-7-4-8-15-29/h2-3,5-6,9-12,18,21,24-25,28H,1,4,7-8,13-17H2/t21?,24?,25-/m0/s1. The number of nitrogens with one attached hydrogen (secondary N) is 1. The van der Waals surface area contributed by atoms with Crippen molar-refractivity contribution in [3.05, 3.63) is 77.9 Å². The minimum Gasteiger partial charge on any atom is -0.445 e. The highest BCUT2D eigenvalue weighted by Gasteiger charge is 2.47. The maximum absolute atomic E-state index is 13.2. The predicted molar refractivity (Wildman–Crippen MR) is 128 cm³/mol. The van der Waals surface area contributed by atoms with Gasteiger partial charge in [0, 0.05) is 36.8 Å². The van der Waals surface area contributed by atoms with Crippen LogP contribution in [0.4, 0.5) is 10.5 Å². The van der Waals surface area contributed by atoms with Gasteiger partial charge in [0.1, 0.15) is 6.61 Å². The van der Waals surface area contributed by atoms with Crippen molar-refractivity contribution in [2.75, 3.05) is 31.6 Å². The minimum absolute atomic E-state index is 0.0815. The molecule has 3 aliphatic heterocycles. The normalized spacial score (nSPS) is 23.8. The van der Waals surface area contributed by atoms with E-state index in [1.165, 1.54) is 12.0 Å². The second-order valence-electron chi connectivity index (χ2n) is 9.14. The summed E-state index contributed by atoms with van der Waals surface area (Å²) in [6.45, 7) is 6.10. The molecular weight excluding hydrogens is 414 g/mol. The van der Waals surface area contributed by atoms with E-state index in [0.717, 1.165) is 43.6 Å². The second-order valence-corrected chi connectivity index (χ2v) is 9.14. The van der Waals surface area contributed by atoms with Gasteiger partial charge in [0.2, 0.25) is 0 Å². The van der Waals surface area contributed by atoms with Crippen LogP contribution < -0.4 is 5.32 Å². The molecule has 6 nitrogen and oxygen atoms in total. The number of fused-ring (bicyclic) bond motifs is 3. The Hall–Kier alpha value is -3.28. The third-order valence-corrected chi connectivity index (χ3v) is 7.16. The van der Waals surface area contributed by atoms with E-state index in [0.29, 0.717) is 12.1 Å². The van der Waals surface area contributed by atoms with E-state index in [1.54, 1.807) is 6.08 Å². The zero-order chi connectivity index (χ0) is 22.8. The van der Waals surface area contributed by atoms with Gasteiger partial charge in [-0.25, -0.2) is 4.79 Å². The number of piperidine rings is 1. The number of benzene rings is 2. The molecule has 5 rings (SSSR count). The first-order valence-electron chi connectivity index (χ1n) is 12.0. The van der Waals surface area contributed by atoms with Crippen molar-refractivity contribution >= 4 is 17.7 Å². The van der Waals surface area contributed by atoms with E-state index in [1.807, 2.05) is 46.2 Å². The Labute approximate surface area is 195 Å². The van der Waals surface area contributed by atoms with Crippen LogP contribution in [0.2, 0.25) is 0 Å². The fraction of sp³-hybridized carbons (Fsp3) is 0.407. The molecule has 0 radical (unpaired) electrons. The summed E-state index contributed by atoms with van der Waals surface area (Å²) in [5.74, 6) is 0.273. The zero-order valence-electron chi connectivity index (χ0n) is 18.9. The third kappa shape index (κ3) is 4.10. The monoisotopic (exact) mass is 445 g/mol. The largest absolute Gasteiger partial charge is 0.445 e. The molecule has 0 saturated carbocycles. The molecule has 33 heavy (non-hydrogen) atoms. The van der Waals surface area contributed by atoms with Gasteiger partial charge in [0.25, 0.3) is 5.91 Å². The Balaban J connectivity index is 1.51. The molecule has 0 aromatic heterocycles. The van der Waals surface area contributed by atoms with Gasteiger partial charge in [-0.1, -0.05) is 43.0 Å². The molecule has 0 spiro atoms. The minimum atomic E-state index is -0.324. The van der Waals surface area contributed by atoms with Gasteiger partial charge in [-0.2, -0.15) is 0 Å². The van der Waals surface area contributed by atoms with Crippen LogP contribution in [-0.2, 0) is 4.74 Å². The van der Waals surface area contributed by atoms with E-state index < -0.39 is 0 Å². The van der Waals surface area contributed by atoms with E-state index >= 15 is 0 Å². The first-order chi connectivity index (χ1) is 16.2. The Morgan fingerprint density at radius 2 is 1.85 bits per heavy atom. The average molecular weight is 446 g/mol. The van der Waals surface area contributed by atoms with Crippen molar-refractivity contribution in [1.82, 2.24) is 9.80 Å². The van der Waals surface area contributed by atoms with Crippen LogP contribution in [0.5, 0.6) is 0 Å². The Morgan fingerprint density at radius 3 is 2.61 bits per heavy atom. The molecule has 0 aliphatic carbocycles. The number of carbonyl (C=O) groups excluding carboxylic acids is 2. The first-order valence-corrected chi connectivity index (χ1v) is 12.0. The third-order valence-electron chi connectivity index (χ3n) is 7.16. The number of ether oxygens (including phenoxy) is 1. The molecule has 2 saturated heterocycles. The summed E-state index contributed by atoms with van der Waals surface area (Å²) >= 11 is 0. The molecule has 2 aromatic rings. The lowest BCUT2D eigenvalue weighted by molar-refractivity contribution is 0.0724. The lowest BCUT2D eigenvalue weighted by Crippen LogP contribution is -2.38. The van der Waals surface area contributed by atoms with Crippen molar-refractivity contribution in [3.63, 3.8) is 0 Å². The van der Waals surface area contributed by atoms with Gasteiger partial charge in [-0.3, -0.25) is 4.79 Å². The van der Waals surface area contributed by atoms with Crippen molar-refractivity contribution < 1.29 is 14.3 Å². The summed E-state index contributed by atoms with van der Waals surface area (Å²) in [5, 5.41) is 3.71. The summed E-state index contributed by atoms with van der Waals surface area (Å²) in [5.41, 5.74) is 3.88. The first kappa shape index (κ1) is 21.6. The maximum atomic E-state index is 13.2. The van der Waals surface area contributed by atoms with Gasteiger partial charge < -0.3 is 19.9 Å². The van der Waals surface area contributed by atoms with Crippen LogP contribution in [0, 0.1) is 5.92 Å². The number of amides is 2. The van der Waals surface area contributed by atoms with E-state index in [-0.39, 0.29) is 36.6 Å². The molecule has 1 N–H and O–H groups in total. The fourth-order valence-electron chi connectivity index (χ4n) is 5.60. The number of carbonyl (C=O) groups is 2. The summed E-state index contributed by atoms with van der Waals surface area (Å²) in [7, 11) is 0. The highest BCUT2D eigenvalue weighted by Crippen LogP contribution is 2.51. The Kier molecular flexibility index (Phi) is 6.07. The summed E-state index contributed by atoms with van der Waals surface area (Å²) in [6, 6.07) is 16.2. The summed E-state index contributed by atoms with van der Waals surface area (Å²) in [6.07, 6.45) is 5.43. The summed E-state index contributed by atoms with van der Waals surface area (Å²) in [4.78, 5) is 29.9. The van der Waals surface area contributed by atoms with E-state index in [9.17, 15) is 9.59 Å². The van der Waals surface area contributed by atoms with Crippen molar-refractivity contribution in [1.29, 1.82) is 0 Å². The maximum Gasteiger partial charge on any atom is 0.410 e. The van der Waals surface area contributed by atoms with Gasteiger partial charge in [-0.05, 0) is 55.0 Å². The van der Waals surface area contributed by atoms with Crippen molar-refractivity contribution in [3.8, 4) is 0 Å². The van der Waals surface area contributed by atoms with Gasteiger partial charge in [0.05, 0.1) is 12.1 Å². The molecule has 3 aliphatic rings. The molecule has 3 heterocycles. The van der Waals surface area contributed by atoms with Crippen LogP contribution in [0.15, 0.2) is 61.2 Å². The van der Waals surface area contributed by atoms with Crippen molar-refractivity contribution in [2.45, 2.75) is 37.8 Å². The number of rotatable bonds is 4. The molecule has 2 amide bonds. The number of hydrogen-bond donors (Lipinski definition) is 1. The highest BCUT2D eigenvalue weighted by atomic mass is 16.6. The van der Waals surface area contributed by atoms with E-state index in [2.05, 4.69) is 24.0 Å². The van der Waals surface area contributed by atoms with Crippen LogP contribution in [0.1, 0.15) is 59.3 Å². The van der Waals surface area contributed by atoms with E-state index in [4.69, 9.17) is 4.74 Å². The average Bonchev–Trinajstić information content (AvgIpc) is 3.33. The smallest absolute Gasteiger partial charge is 0.410 e. The van der Waals surface area contributed by atoms with Crippen LogP contribution in [-0.4, -0.2) is 48.0 Å². The van der Waals surface area contributed by atoms with Gasteiger partial charge in [0.15, 0.2) is 0 Å². The van der Waals surface area contributed by atoms with Crippen LogP contribution in [0.25, 0.3) is 0 Å². The topological polar surface area (TPSA) is 61.9 Å². The molecule has 3 atom stereocenters. The van der Waals surface area contributed by atoms with Crippen LogP contribution >= 0.6 is 0 Å². The highest BCUT2D eigenvalue weighted by molar-refractivity contribution is 5.95. The van der Waals surface area contributed by atoms with Gasteiger partial charge >= 0.3 is 6.09 Å². The number of likely N-dealkylation sites (tertiary alicyclic amines) is 2. The summed E-state index contributed by atoms with van der Waals surface area (Å²) < 4.78 is 5.43. The van der Waals surface area contributed by atoms with Gasteiger partial charge in [-0.15, -0.1) is 0 Å². The number of anilines is 1. The quantitative estimate of drug-likeness (QED) is 0.660. The molecule has 6 heteroatoms. The number of nitrogens with zero attached hydrogens (tertiary/aromatic N) is 2. The fourth-order valence-corrected chi connectivity index (χ4v) is 5.60. The second kappa shape index (κ2) is 9.30. The van der Waals surface area contributed by atoms with Crippen LogP contribution in [0.3, 0.4) is 0 Å². The Morgan fingerprint density at radius 1 is 1.06 bits per heavy atom. The zero-order valence-corrected chi connectivity index (χ0v) is 18.9. The Bertz CT molecular complexity index is 1030. The molecule has 2 unspecified atom stereocenters. The number of hydrogen-bond acceptors (Lipinski definition) is 4. The van der Waals surface area contributed by atoms with Crippen molar-refractivity contribution in [2.24, 2.45) is 5.92 Å². The lowest BCUT2D eigenvalue weighted by atomic mass is 9.79. The molecular formula is C27H31N3O3. The molecule has 2 aromatic carbocycles. The molecule has 2 fully saturated rings. The SMILES string of the molecule is C=CCOC(=O)N1CCC2C(c3ccccc3)Nc3ccc(C(=O)N4CCCCC4)cc3[C@H]21. The lowest BCUT2D eigenvalue weighted by Gasteiger charge is -2.40. The predicted octanol–water partition coefficient (Wildman–Crippen LogP) is 5.17.